The average molecular weight is 455 g/mol. The molecule has 1 N–H and O–H groups in total. The molecule has 7 nitrogen and oxygen atoms in total. The van der Waals surface area contributed by atoms with Gasteiger partial charge in [0.15, 0.2) is 0 Å². The predicted molar refractivity (Wildman–Crippen MR) is 124 cm³/mol. The monoisotopic (exact) mass is 454 g/mol. The van der Waals surface area contributed by atoms with Gasteiger partial charge in [0.05, 0.1) is 12.9 Å². The number of anilines is 1. The third-order valence-corrected chi connectivity index (χ3v) is 4.96. The second-order valence-corrected chi connectivity index (χ2v) is 8.74. The van der Waals surface area contributed by atoms with E-state index in [2.05, 4.69) is 5.32 Å². The third kappa shape index (κ3) is 7.31. The number of benzene rings is 3. The second kappa shape index (κ2) is 10.7. The van der Waals surface area contributed by atoms with Crippen LogP contribution < -0.4 is 14.2 Å². The number of carbonyl (C=O) groups is 1. The molecule has 0 heterocycles. The minimum atomic E-state index is -3.59. The van der Waals surface area contributed by atoms with Crippen LogP contribution in [-0.4, -0.2) is 32.2 Å². The van der Waals surface area contributed by atoms with E-state index in [0.29, 0.717) is 25.4 Å². The molecular weight excluding hydrogens is 428 g/mol. The van der Waals surface area contributed by atoms with Gasteiger partial charge in [-0.25, -0.2) is 4.79 Å². The van der Waals surface area contributed by atoms with E-state index in [1.807, 2.05) is 37.3 Å². The van der Waals surface area contributed by atoms with E-state index in [0.717, 1.165) is 23.1 Å². The van der Waals surface area contributed by atoms with E-state index in [4.69, 9.17) is 8.92 Å². The summed E-state index contributed by atoms with van der Waals surface area (Å²) in [7, 11) is -3.59. The van der Waals surface area contributed by atoms with E-state index in [9.17, 15) is 13.2 Å². The van der Waals surface area contributed by atoms with Crippen molar-refractivity contribution in [1.29, 1.82) is 0 Å². The molecule has 0 aliphatic rings. The van der Waals surface area contributed by atoms with Crippen molar-refractivity contribution >= 4 is 21.8 Å². The molecule has 3 rings (SSSR count). The van der Waals surface area contributed by atoms with Crippen LogP contribution in [0.5, 0.6) is 11.5 Å². The van der Waals surface area contributed by atoms with E-state index in [1.165, 1.54) is 0 Å². The summed E-state index contributed by atoms with van der Waals surface area (Å²) < 4.78 is 32.9. The van der Waals surface area contributed by atoms with Crippen molar-refractivity contribution in [3.8, 4) is 11.5 Å². The molecule has 0 bridgehead atoms. The van der Waals surface area contributed by atoms with Crippen LogP contribution in [0.15, 0.2) is 78.9 Å². The fourth-order valence-electron chi connectivity index (χ4n) is 3.05. The highest BCUT2D eigenvalue weighted by Crippen LogP contribution is 2.19. The zero-order valence-electron chi connectivity index (χ0n) is 18.0. The van der Waals surface area contributed by atoms with Gasteiger partial charge in [0.2, 0.25) is 0 Å². The first-order chi connectivity index (χ1) is 15.3. The summed E-state index contributed by atoms with van der Waals surface area (Å²) in [5.41, 5.74) is 2.49. The second-order valence-electron chi connectivity index (χ2n) is 7.16. The van der Waals surface area contributed by atoms with Crippen molar-refractivity contribution in [3.63, 3.8) is 0 Å². The fourth-order valence-corrected chi connectivity index (χ4v) is 3.51. The number of rotatable bonds is 9. The van der Waals surface area contributed by atoms with Gasteiger partial charge in [-0.1, -0.05) is 42.5 Å². The molecule has 0 aromatic heterocycles. The summed E-state index contributed by atoms with van der Waals surface area (Å²) in [6.45, 7) is 3.23. The highest BCUT2D eigenvalue weighted by Gasteiger charge is 2.16. The Morgan fingerprint density at radius 2 is 1.41 bits per heavy atom. The Balaban J connectivity index is 1.74. The lowest BCUT2D eigenvalue weighted by molar-refractivity contribution is 0.206. The maximum absolute atomic E-state index is 13.1. The van der Waals surface area contributed by atoms with E-state index in [-0.39, 0.29) is 11.8 Å². The fraction of sp³-hybridized carbons (Fsp3) is 0.208. The van der Waals surface area contributed by atoms with Gasteiger partial charge in [-0.2, -0.15) is 8.42 Å². The molecule has 32 heavy (non-hydrogen) atoms. The Morgan fingerprint density at radius 3 is 1.97 bits per heavy atom. The van der Waals surface area contributed by atoms with Crippen LogP contribution in [0.4, 0.5) is 10.5 Å². The van der Waals surface area contributed by atoms with Gasteiger partial charge in [0, 0.05) is 18.8 Å². The van der Waals surface area contributed by atoms with Crippen LogP contribution in [0, 0.1) is 0 Å². The highest BCUT2D eigenvalue weighted by atomic mass is 32.2. The first-order valence-corrected chi connectivity index (χ1v) is 11.9. The van der Waals surface area contributed by atoms with Gasteiger partial charge in [-0.15, -0.1) is 0 Å². The highest BCUT2D eigenvalue weighted by molar-refractivity contribution is 7.86. The topological polar surface area (TPSA) is 84.9 Å². The van der Waals surface area contributed by atoms with Crippen LogP contribution in [-0.2, 0) is 23.2 Å². The summed E-state index contributed by atoms with van der Waals surface area (Å²) in [6, 6.07) is 23.3. The Kier molecular flexibility index (Phi) is 7.72. The van der Waals surface area contributed by atoms with Crippen LogP contribution in [0.2, 0.25) is 0 Å². The molecule has 168 valence electrons. The average Bonchev–Trinajstić information content (AvgIpc) is 2.76. The van der Waals surface area contributed by atoms with Crippen molar-refractivity contribution in [2.24, 2.45) is 0 Å². The Bertz CT molecular complexity index is 1120. The molecule has 3 aromatic carbocycles. The summed E-state index contributed by atoms with van der Waals surface area (Å²) in [5.74, 6) is 0.966. The summed E-state index contributed by atoms with van der Waals surface area (Å²) in [5, 5.41) is 2.92. The van der Waals surface area contributed by atoms with Gasteiger partial charge in [-0.05, 0) is 54.4 Å². The number of amides is 2. The minimum absolute atomic E-state index is 0.227. The molecule has 0 radical (unpaired) electrons. The van der Waals surface area contributed by atoms with Crippen LogP contribution in [0.25, 0.3) is 0 Å². The summed E-state index contributed by atoms with van der Waals surface area (Å²) in [4.78, 5) is 14.7. The number of nitrogens with one attached hydrogen (secondary N) is 1. The smallest absolute Gasteiger partial charge is 0.322 e. The van der Waals surface area contributed by atoms with E-state index < -0.39 is 10.1 Å². The summed E-state index contributed by atoms with van der Waals surface area (Å²) >= 11 is 0. The SMILES string of the molecule is CCOc1ccc(NC(=O)N(Cc2ccccc2)Cc2ccc(OS(C)(=O)=O)cc2)cc1. The number of nitrogens with zero attached hydrogens (tertiary/aromatic N) is 1. The molecule has 0 fully saturated rings. The standard InChI is InChI=1S/C24H26N2O5S/c1-3-30-22-15-11-21(12-16-22)25-24(27)26(17-19-7-5-4-6-8-19)18-20-9-13-23(14-10-20)31-32(2,28)29/h4-16H,3,17-18H2,1-2H3,(H,25,27). The quantitative estimate of drug-likeness (QED) is 0.476. The molecule has 0 aliphatic carbocycles. The Labute approximate surface area is 188 Å². The molecule has 0 aliphatic heterocycles. The Morgan fingerprint density at radius 1 is 0.844 bits per heavy atom. The van der Waals surface area contributed by atoms with Crippen molar-refractivity contribution < 1.29 is 22.1 Å². The van der Waals surface area contributed by atoms with E-state index in [1.54, 1.807) is 53.4 Å². The maximum atomic E-state index is 13.1. The lowest BCUT2D eigenvalue weighted by Gasteiger charge is -2.24. The van der Waals surface area contributed by atoms with Crippen LogP contribution in [0.3, 0.4) is 0 Å². The maximum Gasteiger partial charge on any atom is 0.322 e. The van der Waals surface area contributed by atoms with Gasteiger partial charge >= 0.3 is 16.1 Å². The van der Waals surface area contributed by atoms with E-state index >= 15 is 0 Å². The molecule has 2 amide bonds. The third-order valence-electron chi connectivity index (χ3n) is 4.46. The number of hydrogen-bond acceptors (Lipinski definition) is 5. The normalized spacial score (nSPS) is 10.9. The molecule has 0 saturated heterocycles. The lowest BCUT2D eigenvalue weighted by Crippen LogP contribution is -2.34. The van der Waals surface area contributed by atoms with Gasteiger partial charge in [0.1, 0.15) is 11.5 Å². The molecule has 0 saturated carbocycles. The van der Waals surface area contributed by atoms with Crippen molar-refractivity contribution in [3.05, 3.63) is 90.0 Å². The first-order valence-electron chi connectivity index (χ1n) is 10.1. The van der Waals surface area contributed by atoms with Gasteiger partial charge in [-0.3, -0.25) is 0 Å². The minimum Gasteiger partial charge on any atom is -0.494 e. The van der Waals surface area contributed by atoms with Crippen molar-refractivity contribution in [1.82, 2.24) is 4.90 Å². The molecule has 3 aromatic rings. The van der Waals surface area contributed by atoms with Gasteiger partial charge in [0.25, 0.3) is 0 Å². The Hall–Kier alpha value is -3.52. The first kappa shape index (κ1) is 23.1. The van der Waals surface area contributed by atoms with Gasteiger partial charge < -0.3 is 19.1 Å². The molecular formula is C24H26N2O5S. The molecule has 0 unspecified atom stereocenters. The van der Waals surface area contributed by atoms with Crippen molar-refractivity contribution in [2.75, 3.05) is 18.2 Å². The summed E-state index contributed by atoms with van der Waals surface area (Å²) in [6.07, 6.45) is 0.994. The zero-order chi connectivity index (χ0) is 23.0. The van der Waals surface area contributed by atoms with Crippen LogP contribution >= 0.6 is 0 Å². The number of ether oxygens (including phenoxy) is 1. The largest absolute Gasteiger partial charge is 0.494 e. The number of urea groups is 1. The number of carbonyl (C=O) groups excluding carboxylic acids is 1. The molecule has 8 heteroatoms. The molecule has 0 atom stereocenters. The van der Waals surface area contributed by atoms with Crippen LogP contribution in [0.1, 0.15) is 18.1 Å². The predicted octanol–water partition coefficient (Wildman–Crippen LogP) is 4.66. The van der Waals surface area contributed by atoms with Crippen molar-refractivity contribution in [2.45, 2.75) is 20.0 Å². The number of hydrogen-bond donors (Lipinski definition) is 1. The molecule has 0 spiro atoms. The lowest BCUT2D eigenvalue weighted by atomic mass is 10.1. The zero-order valence-corrected chi connectivity index (χ0v) is 18.8.